The van der Waals surface area contributed by atoms with Crippen LogP contribution in [0.25, 0.3) is 0 Å². The van der Waals surface area contributed by atoms with Gasteiger partial charge in [0.2, 0.25) is 11.8 Å². The predicted octanol–water partition coefficient (Wildman–Crippen LogP) is 3.60. The van der Waals surface area contributed by atoms with Crippen molar-refractivity contribution in [3.63, 3.8) is 0 Å². The van der Waals surface area contributed by atoms with Crippen LogP contribution in [0.15, 0.2) is 53.9 Å². The summed E-state index contributed by atoms with van der Waals surface area (Å²) in [5.74, 6) is 0.422. The zero-order valence-corrected chi connectivity index (χ0v) is 16.8. The second-order valence-electron chi connectivity index (χ2n) is 6.59. The summed E-state index contributed by atoms with van der Waals surface area (Å²) in [7, 11) is 0. The highest BCUT2D eigenvalue weighted by Gasteiger charge is 2.28. The van der Waals surface area contributed by atoms with Crippen LogP contribution in [0.2, 0.25) is 5.02 Å². The van der Waals surface area contributed by atoms with E-state index in [1.54, 1.807) is 48.4 Å². The maximum absolute atomic E-state index is 12.7. The van der Waals surface area contributed by atoms with Gasteiger partial charge in [-0.1, -0.05) is 17.7 Å². The average Bonchev–Trinajstić information content (AvgIpc) is 2.71. The van der Waals surface area contributed by atoms with Crippen LogP contribution >= 0.6 is 11.6 Å². The van der Waals surface area contributed by atoms with Crippen molar-refractivity contribution in [1.82, 2.24) is 15.2 Å². The molecular weight excluding hydrogens is 394 g/mol. The summed E-state index contributed by atoms with van der Waals surface area (Å²) >= 11 is 5.86. The Bertz CT molecular complexity index is 911. The summed E-state index contributed by atoms with van der Waals surface area (Å²) in [4.78, 5) is 30.4. The molecule has 1 aromatic heterocycles. The van der Waals surface area contributed by atoms with Crippen molar-refractivity contribution in [1.29, 1.82) is 0 Å². The fourth-order valence-electron chi connectivity index (χ4n) is 2.96. The zero-order valence-electron chi connectivity index (χ0n) is 16.0. The number of nitrogens with one attached hydrogen (secondary N) is 1. The van der Waals surface area contributed by atoms with Gasteiger partial charge in [0.05, 0.1) is 12.0 Å². The molecule has 0 unspecified atom stereocenters. The minimum absolute atomic E-state index is 0.0117. The topological polar surface area (TPSA) is 91.8 Å². The SMILES string of the molecule is CCNC(=O)CC1=C(O)CCN(Cc2ccc(Oc3ccc(Cl)cc3)nc2)C1=O. The van der Waals surface area contributed by atoms with Gasteiger partial charge in [-0.05, 0) is 36.8 Å². The summed E-state index contributed by atoms with van der Waals surface area (Å²) in [6.07, 6.45) is 1.84. The van der Waals surface area contributed by atoms with Gasteiger partial charge in [0.1, 0.15) is 11.5 Å². The van der Waals surface area contributed by atoms with Crippen LogP contribution in [0.5, 0.6) is 11.6 Å². The van der Waals surface area contributed by atoms with Crippen LogP contribution in [-0.4, -0.2) is 39.9 Å². The van der Waals surface area contributed by atoms with Crippen LogP contribution in [0.4, 0.5) is 0 Å². The Morgan fingerprint density at radius 2 is 2.03 bits per heavy atom. The number of aliphatic hydroxyl groups is 1. The maximum atomic E-state index is 12.7. The van der Waals surface area contributed by atoms with Crippen LogP contribution in [0.3, 0.4) is 0 Å². The molecular formula is C21H22ClN3O4. The number of rotatable bonds is 7. The molecule has 0 atom stereocenters. The van der Waals surface area contributed by atoms with Crippen molar-refractivity contribution in [2.24, 2.45) is 0 Å². The highest BCUT2D eigenvalue weighted by Crippen LogP contribution is 2.24. The minimum atomic E-state index is -0.332. The Hall–Kier alpha value is -3.06. The van der Waals surface area contributed by atoms with Gasteiger partial charge in [0.15, 0.2) is 0 Å². The quantitative estimate of drug-likeness (QED) is 0.720. The predicted molar refractivity (Wildman–Crippen MR) is 109 cm³/mol. The summed E-state index contributed by atoms with van der Waals surface area (Å²) in [6, 6.07) is 10.5. The van der Waals surface area contributed by atoms with Crippen LogP contribution < -0.4 is 10.1 Å². The first kappa shape index (κ1) is 20.7. The standard InChI is InChI=1S/C21H22ClN3O4/c1-2-23-19(27)11-17-18(26)9-10-25(21(17)28)13-14-3-8-20(24-12-14)29-16-6-4-15(22)5-7-16/h3-8,12,26H,2,9-11,13H2,1H3,(H,23,27). The second-order valence-corrected chi connectivity index (χ2v) is 7.03. The molecule has 1 aliphatic rings. The average molecular weight is 416 g/mol. The molecule has 0 saturated heterocycles. The number of aliphatic hydroxyl groups excluding tert-OH is 1. The normalized spacial score (nSPS) is 14.1. The van der Waals surface area contributed by atoms with E-state index in [9.17, 15) is 14.7 Å². The van der Waals surface area contributed by atoms with E-state index in [4.69, 9.17) is 16.3 Å². The van der Waals surface area contributed by atoms with Crippen molar-refractivity contribution in [2.75, 3.05) is 13.1 Å². The van der Waals surface area contributed by atoms with Crippen molar-refractivity contribution < 1.29 is 19.4 Å². The van der Waals surface area contributed by atoms with Crippen molar-refractivity contribution in [3.05, 3.63) is 64.5 Å². The van der Waals surface area contributed by atoms with Crippen molar-refractivity contribution in [3.8, 4) is 11.6 Å². The van der Waals surface area contributed by atoms with Crippen molar-refractivity contribution in [2.45, 2.75) is 26.3 Å². The maximum Gasteiger partial charge on any atom is 0.253 e. The van der Waals surface area contributed by atoms with Gasteiger partial charge < -0.3 is 20.1 Å². The summed E-state index contributed by atoms with van der Waals surface area (Å²) in [5, 5.41) is 13.3. The number of aromatic nitrogens is 1. The molecule has 0 fully saturated rings. The number of hydrogen-bond acceptors (Lipinski definition) is 5. The first-order valence-corrected chi connectivity index (χ1v) is 9.69. The molecule has 0 bridgehead atoms. The molecule has 2 N–H and O–H groups in total. The monoisotopic (exact) mass is 415 g/mol. The molecule has 0 aliphatic carbocycles. The number of pyridine rings is 1. The summed E-state index contributed by atoms with van der Waals surface area (Å²) in [5.41, 5.74) is 0.971. The number of carbonyl (C=O) groups excluding carboxylic acids is 2. The third-order valence-electron chi connectivity index (χ3n) is 4.43. The van der Waals surface area contributed by atoms with E-state index in [1.165, 1.54) is 0 Å². The first-order chi connectivity index (χ1) is 14.0. The van der Waals surface area contributed by atoms with Gasteiger partial charge in [-0.2, -0.15) is 0 Å². The molecule has 2 aromatic rings. The van der Waals surface area contributed by atoms with E-state index in [0.29, 0.717) is 42.7 Å². The molecule has 2 heterocycles. The Morgan fingerprint density at radius 3 is 2.69 bits per heavy atom. The fourth-order valence-corrected chi connectivity index (χ4v) is 3.09. The molecule has 0 spiro atoms. The molecule has 8 heteroatoms. The van der Waals surface area contributed by atoms with E-state index in [-0.39, 0.29) is 29.6 Å². The third kappa shape index (κ3) is 5.48. The lowest BCUT2D eigenvalue weighted by Crippen LogP contribution is -2.38. The Balaban J connectivity index is 1.63. The number of nitrogens with zero attached hydrogens (tertiary/aromatic N) is 2. The lowest BCUT2D eigenvalue weighted by Gasteiger charge is -2.28. The number of ether oxygens (including phenoxy) is 1. The van der Waals surface area contributed by atoms with E-state index in [1.807, 2.05) is 6.07 Å². The number of halogens is 1. The molecule has 2 amide bonds. The van der Waals surface area contributed by atoms with E-state index >= 15 is 0 Å². The minimum Gasteiger partial charge on any atom is -0.512 e. The lowest BCUT2D eigenvalue weighted by atomic mass is 10.0. The molecule has 1 aromatic carbocycles. The van der Waals surface area contributed by atoms with E-state index in [0.717, 1.165) is 5.56 Å². The second kappa shape index (κ2) is 9.43. The van der Waals surface area contributed by atoms with Gasteiger partial charge in [0.25, 0.3) is 5.91 Å². The Labute approximate surface area is 174 Å². The Kier molecular flexibility index (Phi) is 6.72. The molecule has 1 aliphatic heterocycles. The number of carbonyl (C=O) groups is 2. The molecule has 0 radical (unpaired) electrons. The zero-order chi connectivity index (χ0) is 20.8. The third-order valence-corrected chi connectivity index (χ3v) is 4.68. The first-order valence-electron chi connectivity index (χ1n) is 9.31. The van der Waals surface area contributed by atoms with E-state index < -0.39 is 0 Å². The fraction of sp³-hybridized carbons (Fsp3) is 0.286. The number of amides is 2. The molecule has 152 valence electrons. The van der Waals surface area contributed by atoms with Crippen LogP contribution in [-0.2, 0) is 16.1 Å². The molecule has 0 saturated carbocycles. The van der Waals surface area contributed by atoms with Crippen LogP contribution in [0.1, 0.15) is 25.3 Å². The highest BCUT2D eigenvalue weighted by atomic mass is 35.5. The van der Waals surface area contributed by atoms with Gasteiger partial charge >= 0.3 is 0 Å². The molecule has 7 nitrogen and oxygen atoms in total. The molecule has 3 rings (SSSR count). The van der Waals surface area contributed by atoms with Crippen molar-refractivity contribution >= 4 is 23.4 Å². The summed E-state index contributed by atoms with van der Waals surface area (Å²) in [6.45, 7) is 2.99. The van der Waals surface area contributed by atoms with Gasteiger partial charge in [-0.15, -0.1) is 0 Å². The van der Waals surface area contributed by atoms with Crippen LogP contribution in [0, 0.1) is 0 Å². The smallest absolute Gasteiger partial charge is 0.253 e. The van der Waals surface area contributed by atoms with Gasteiger partial charge in [0, 0.05) is 43.3 Å². The highest BCUT2D eigenvalue weighted by molar-refractivity contribution is 6.30. The van der Waals surface area contributed by atoms with Gasteiger partial charge in [-0.3, -0.25) is 9.59 Å². The summed E-state index contributed by atoms with van der Waals surface area (Å²) < 4.78 is 5.66. The Morgan fingerprint density at radius 1 is 1.28 bits per heavy atom. The van der Waals surface area contributed by atoms with Gasteiger partial charge in [-0.25, -0.2) is 4.98 Å². The van der Waals surface area contributed by atoms with E-state index in [2.05, 4.69) is 10.3 Å². The molecule has 29 heavy (non-hydrogen) atoms. The number of benzene rings is 1. The lowest BCUT2D eigenvalue weighted by molar-refractivity contribution is -0.131. The number of hydrogen-bond donors (Lipinski definition) is 2. The largest absolute Gasteiger partial charge is 0.512 e.